The van der Waals surface area contributed by atoms with Crippen LogP contribution >= 0.6 is 11.3 Å². The number of aromatic nitrogens is 3. The van der Waals surface area contributed by atoms with Crippen LogP contribution in [0.5, 0.6) is 11.6 Å². The van der Waals surface area contributed by atoms with Gasteiger partial charge in [-0.1, -0.05) is 24.3 Å². The number of piperidine rings is 1. The van der Waals surface area contributed by atoms with E-state index in [9.17, 15) is 0 Å². The Bertz CT molecular complexity index is 1330. The number of hydrogen-bond acceptors (Lipinski definition) is 8. The molecule has 0 unspecified atom stereocenters. The van der Waals surface area contributed by atoms with Crippen LogP contribution in [0.2, 0.25) is 0 Å². The first-order valence-electron chi connectivity index (χ1n) is 12.4. The standard InChI is InChI=1S/C27H30N6OS/c1-17-31-26(25(35-17)23-12-14-29-27(33-23)32-19-5-4-13-28-16-19)34-24-11-10-22(30-15-18-8-9-18)20-6-2-3-7-21(20)24/h2-3,6-7,10-12,14,18-19,28,30H,4-5,8-9,13,15-16H2,1H3,(H,29,32,33)/t19-/m0/s1. The fourth-order valence-electron chi connectivity index (χ4n) is 4.55. The van der Waals surface area contributed by atoms with Gasteiger partial charge in [-0.3, -0.25) is 0 Å². The molecule has 0 radical (unpaired) electrons. The van der Waals surface area contributed by atoms with Gasteiger partial charge in [0, 0.05) is 41.8 Å². The number of anilines is 2. The monoisotopic (exact) mass is 486 g/mol. The molecular formula is C27H30N6OS. The molecule has 6 rings (SSSR count). The zero-order chi connectivity index (χ0) is 23.6. The number of hydrogen-bond donors (Lipinski definition) is 3. The first-order chi connectivity index (χ1) is 17.2. The quantitative estimate of drug-likeness (QED) is 0.288. The molecule has 0 bridgehead atoms. The van der Waals surface area contributed by atoms with E-state index in [1.807, 2.05) is 19.1 Å². The molecule has 2 aliphatic rings. The highest BCUT2D eigenvalue weighted by Gasteiger charge is 2.22. The number of nitrogens with zero attached hydrogens (tertiary/aromatic N) is 3. The number of rotatable bonds is 8. The van der Waals surface area contributed by atoms with Gasteiger partial charge in [0.2, 0.25) is 11.8 Å². The van der Waals surface area contributed by atoms with Crippen LogP contribution in [0.3, 0.4) is 0 Å². The van der Waals surface area contributed by atoms with Crippen molar-refractivity contribution in [1.29, 1.82) is 0 Å². The molecule has 0 amide bonds. The lowest BCUT2D eigenvalue weighted by Crippen LogP contribution is -2.38. The first-order valence-corrected chi connectivity index (χ1v) is 13.3. The van der Waals surface area contributed by atoms with Crippen LogP contribution in [-0.4, -0.2) is 40.6 Å². The molecule has 2 aromatic heterocycles. The van der Waals surface area contributed by atoms with Crippen molar-refractivity contribution in [3.63, 3.8) is 0 Å². The molecule has 1 atom stereocenters. The second-order valence-corrected chi connectivity index (χ2v) is 10.6. The van der Waals surface area contributed by atoms with Crippen molar-refractivity contribution < 1.29 is 4.74 Å². The van der Waals surface area contributed by atoms with E-state index < -0.39 is 0 Å². The molecule has 1 aliphatic heterocycles. The lowest BCUT2D eigenvalue weighted by Gasteiger charge is -2.23. The Morgan fingerprint density at radius 3 is 2.77 bits per heavy atom. The fourth-order valence-corrected chi connectivity index (χ4v) is 5.36. The summed E-state index contributed by atoms with van der Waals surface area (Å²) in [5.74, 6) is 2.83. The molecule has 0 spiro atoms. The van der Waals surface area contributed by atoms with E-state index in [0.717, 1.165) is 76.2 Å². The molecule has 2 aromatic carbocycles. The average molecular weight is 487 g/mol. The number of aryl methyl sites for hydroxylation is 1. The third-order valence-electron chi connectivity index (χ3n) is 6.59. The van der Waals surface area contributed by atoms with Crippen molar-refractivity contribution in [1.82, 2.24) is 20.3 Å². The van der Waals surface area contributed by atoms with Gasteiger partial charge < -0.3 is 20.7 Å². The van der Waals surface area contributed by atoms with E-state index in [1.165, 1.54) is 12.8 Å². The van der Waals surface area contributed by atoms with Crippen LogP contribution in [0, 0.1) is 12.8 Å². The maximum Gasteiger partial charge on any atom is 0.240 e. The van der Waals surface area contributed by atoms with E-state index in [4.69, 9.17) is 14.7 Å². The average Bonchev–Trinajstić information content (AvgIpc) is 3.65. The number of fused-ring (bicyclic) bond motifs is 1. The molecule has 8 heteroatoms. The lowest BCUT2D eigenvalue weighted by atomic mass is 10.1. The first kappa shape index (κ1) is 22.2. The second-order valence-electron chi connectivity index (χ2n) is 9.40. The maximum atomic E-state index is 6.46. The van der Waals surface area contributed by atoms with Crippen molar-refractivity contribution in [2.24, 2.45) is 5.92 Å². The SMILES string of the molecule is Cc1nc(Oc2ccc(NCC3CC3)c3ccccc23)c(-c2ccnc(N[C@H]3CCCNC3)n2)s1. The van der Waals surface area contributed by atoms with E-state index in [-0.39, 0.29) is 0 Å². The molecule has 35 heavy (non-hydrogen) atoms. The summed E-state index contributed by atoms with van der Waals surface area (Å²) in [6, 6.07) is 14.8. The Hall–Kier alpha value is -3.23. The van der Waals surface area contributed by atoms with Gasteiger partial charge in [-0.15, -0.1) is 11.3 Å². The largest absolute Gasteiger partial charge is 0.437 e. The van der Waals surface area contributed by atoms with Gasteiger partial charge in [0.05, 0.1) is 10.7 Å². The van der Waals surface area contributed by atoms with Gasteiger partial charge in [0.1, 0.15) is 10.6 Å². The van der Waals surface area contributed by atoms with Crippen LogP contribution in [0.4, 0.5) is 11.6 Å². The number of benzene rings is 2. The molecule has 7 nitrogen and oxygen atoms in total. The Kier molecular flexibility index (Phi) is 6.22. The maximum absolute atomic E-state index is 6.46. The molecule has 1 saturated carbocycles. The van der Waals surface area contributed by atoms with E-state index in [1.54, 1.807) is 17.5 Å². The van der Waals surface area contributed by atoms with E-state index in [2.05, 4.69) is 51.3 Å². The molecule has 3 heterocycles. The minimum atomic E-state index is 0.344. The van der Waals surface area contributed by atoms with Gasteiger partial charge in [0.15, 0.2) is 0 Å². The van der Waals surface area contributed by atoms with Crippen molar-refractivity contribution >= 4 is 33.7 Å². The topological polar surface area (TPSA) is 84.0 Å². The Balaban J connectivity index is 1.28. The summed E-state index contributed by atoms with van der Waals surface area (Å²) in [7, 11) is 0. The zero-order valence-electron chi connectivity index (χ0n) is 19.9. The highest BCUT2D eigenvalue weighted by atomic mass is 32.1. The van der Waals surface area contributed by atoms with Gasteiger partial charge in [-0.25, -0.2) is 15.0 Å². The van der Waals surface area contributed by atoms with Gasteiger partial charge in [-0.2, -0.15) is 0 Å². The van der Waals surface area contributed by atoms with Crippen molar-refractivity contribution in [2.75, 3.05) is 30.3 Å². The predicted molar refractivity (Wildman–Crippen MR) is 143 cm³/mol. The van der Waals surface area contributed by atoms with Crippen LogP contribution < -0.4 is 20.7 Å². The van der Waals surface area contributed by atoms with Gasteiger partial charge >= 0.3 is 0 Å². The minimum Gasteiger partial charge on any atom is -0.437 e. The minimum absolute atomic E-state index is 0.344. The third kappa shape index (κ3) is 5.09. The Morgan fingerprint density at radius 2 is 1.94 bits per heavy atom. The van der Waals surface area contributed by atoms with Crippen LogP contribution in [-0.2, 0) is 0 Å². The lowest BCUT2D eigenvalue weighted by molar-refractivity contribution is 0.472. The molecule has 2 fully saturated rings. The summed E-state index contributed by atoms with van der Waals surface area (Å²) >= 11 is 1.59. The summed E-state index contributed by atoms with van der Waals surface area (Å²) < 4.78 is 6.46. The van der Waals surface area contributed by atoms with Crippen molar-refractivity contribution in [3.8, 4) is 22.2 Å². The van der Waals surface area contributed by atoms with Crippen molar-refractivity contribution in [3.05, 3.63) is 53.7 Å². The molecule has 180 valence electrons. The Morgan fingerprint density at radius 1 is 1.06 bits per heavy atom. The Labute approximate surface area is 209 Å². The molecular weight excluding hydrogens is 456 g/mol. The summed E-state index contributed by atoms with van der Waals surface area (Å²) in [5.41, 5.74) is 1.97. The molecule has 1 saturated heterocycles. The number of thiazole rings is 1. The summed E-state index contributed by atoms with van der Waals surface area (Å²) in [4.78, 5) is 14.9. The zero-order valence-corrected chi connectivity index (χ0v) is 20.7. The van der Waals surface area contributed by atoms with Crippen LogP contribution in [0.25, 0.3) is 21.3 Å². The predicted octanol–water partition coefficient (Wildman–Crippen LogP) is 5.84. The molecule has 4 aromatic rings. The van der Waals surface area contributed by atoms with Crippen LogP contribution in [0.1, 0.15) is 30.7 Å². The van der Waals surface area contributed by atoms with E-state index >= 15 is 0 Å². The molecule has 1 aliphatic carbocycles. The van der Waals surface area contributed by atoms with E-state index in [0.29, 0.717) is 17.9 Å². The highest BCUT2D eigenvalue weighted by molar-refractivity contribution is 7.15. The molecule has 3 N–H and O–H groups in total. The summed E-state index contributed by atoms with van der Waals surface area (Å²) in [6.45, 7) is 5.03. The summed E-state index contributed by atoms with van der Waals surface area (Å²) in [5, 5.41) is 13.7. The number of ether oxygens (including phenoxy) is 1. The van der Waals surface area contributed by atoms with Crippen LogP contribution in [0.15, 0.2) is 48.7 Å². The van der Waals surface area contributed by atoms with Gasteiger partial charge in [0.25, 0.3) is 0 Å². The highest BCUT2D eigenvalue weighted by Crippen LogP contribution is 2.40. The van der Waals surface area contributed by atoms with Gasteiger partial charge in [-0.05, 0) is 63.3 Å². The number of nitrogens with one attached hydrogen (secondary N) is 3. The normalized spacial score (nSPS) is 17.9. The fraction of sp³-hybridized carbons (Fsp3) is 0.370. The smallest absolute Gasteiger partial charge is 0.240 e. The summed E-state index contributed by atoms with van der Waals surface area (Å²) in [6.07, 6.45) is 6.74. The van der Waals surface area contributed by atoms with Crippen molar-refractivity contribution in [2.45, 2.75) is 38.6 Å². The second kappa shape index (κ2) is 9.79. The third-order valence-corrected chi connectivity index (χ3v) is 7.56.